The zero-order valence-electron chi connectivity index (χ0n) is 15.1. The van der Waals surface area contributed by atoms with Crippen molar-refractivity contribution < 1.29 is 14.7 Å². The van der Waals surface area contributed by atoms with Crippen LogP contribution in [0.1, 0.15) is 39.4 Å². The molecular weight excluding hydrogens is 348 g/mol. The highest BCUT2D eigenvalue weighted by atomic mass is 32.1. The van der Waals surface area contributed by atoms with E-state index in [0.29, 0.717) is 18.7 Å². The molecule has 26 heavy (non-hydrogen) atoms. The molecule has 1 fully saturated rings. The molecule has 0 aliphatic carbocycles. The van der Waals surface area contributed by atoms with Gasteiger partial charge in [-0.05, 0) is 30.9 Å². The number of nitrogens with zero attached hydrogens (tertiary/aromatic N) is 2. The zero-order chi connectivity index (χ0) is 18.7. The number of carbonyl (C=O) groups excluding carboxylic acids is 2. The molecule has 0 saturated carbocycles. The fourth-order valence-electron chi connectivity index (χ4n) is 3.49. The van der Waals surface area contributed by atoms with Crippen LogP contribution in [0.15, 0.2) is 41.8 Å². The molecule has 0 bridgehead atoms. The number of thiophene rings is 1. The van der Waals surface area contributed by atoms with Crippen LogP contribution in [0.3, 0.4) is 0 Å². The van der Waals surface area contributed by atoms with Crippen LogP contribution < -0.4 is 0 Å². The molecule has 2 aromatic rings. The van der Waals surface area contributed by atoms with Gasteiger partial charge in [0.05, 0.1) is 4.88 Å². The van der Waals surface area contributed by atoms with E-state index >= 15 is 0 Å². The van der Waals surface area contributed by atoms with E-state index in [0.717, 1.165) is 17.0 Å². The molecule has 138 valence electrons. The van der Waals surface area contributed by atoms with Gasteiger partial charge < -0.3 is 10.0 Å². The van der Waals surface area contributed by atoms with Crippen LogP contribution >= 0.6 is 11.3 Å². The predicted molar refractivity (Wildman–Crippen MR) is 103 cm³/mol. The average Bonchev–Trinajstić information content (AvgIpc) is 3.18. The van der Waals surface area contributed by atoms with Gasteiger partial charge in [-0.25, -0.2) is 0 Å². The number of hydrogen-bond acceptors (Lipinski definition) is 5. The molecule has 6 heteroatoms. The maximum absolute atomic E-state index is 12.6. The van der Waals surface area contributed by atoms with Crippen LogP contribution in [0.4, 0.5) is 0 Å². The summed E-state index contributed by atoms with van der Waals surface area (Å²) < 4.78 is 0. The van der Waals surface area contributed by atoms with Crippen molar-refractivity contribution >= 4 is 23.0 Å². The van der Waals surface area contributed by atoms with Gasteiger partial charge in [0.2, 0.25) is 0 Å². The van der Waals surface area contributed by atoms with Gasteiger partial charge in [0.15, 0.2) is 5.78 Å². The quantitative estimate of drug-likeness (QED) is 0.820. The monoisotopic (exact) mass is 372 g/mol. The third-order valence-corrected chi connectivity index (χ3v) is 5.76. The lowest BCUT2D eigenvalue weighted by atomic mass is 10.0. The summed E-state index contributed by atoms with van der Waals surface area (Å²) >= 11 is 1.49. The van der Waals surface area contributed by atoms with Gasteiger partial charge >= 0.3 is 0 Å². The Kier molecular flexibility index (Phi) is 5.86. The van der Waals surface area contributed by atoms with Crippen LogP contribution in [0.25, 0.3) is 0 Å². The Morgan fingerprint density at radius 3 is 2.31 bits per heavy atom. The van der Waals surface area contributed by atoms with Gasteiger partial charge in [-0.15, -0.1) is 11.3 Å². The van der Waals surface area contributed by atoms with E-state index in [9.17, 15) is 9.59 Å². The molecule has 5 nitrogen and oxygen atoms in total. The van der Waals surface area contributed by atoms with E-state index in [-0.39, 0.29) is 23.8 Å². The molecule has 3 rings (SSSR count). The summed E-state index contributed by atoms with van der Waals surface area (Å²) in [6.07, 6.45) is 0. The molecule has 1 aliphatic heterocycles. The maximum Gasteiger partial charge on any atom is 0.264 e. The van der Waals surface area contributed by atoms with Gasteiger partial charge in [-0.2, -0.15) is 0 Å². The molecule has 1 aliphatic rings. The van der Waals surface area contributed by atoms with Crippen molar-refractivity contribution in [3.63, 3.8) is 0 Å². The first-order valence-corrected chi connectivity index (χ1v) is 9.69. The number of hydrogen-bond donors (Lipinski definition) is 1. The second-order valence-electron chi connectivity index (χ2n) is 6.84. The Labute approximate surface area is 157 Å². The molecule has 0 radical (unpaired) electrons. The van der Waals surface area contributed by atoms with Crippen LogP contribution in [-0.2, 0) is 6.54 Å². The highest BCUT2D eigenvalue weighted by molar-refractivity contribution is 7.12. The van der Waals surface area contributed by atoms with Gasteiger partial charge in [-0.3, -0.25) is 14.5 Å². The summed E-state index contributed by atoms with van der Waals surface area (Å²) in [6.45, 7) is 6.02. The minimum absolute atomic E-state index is 0.116. The van der Waals surface area contributed by atoms with Gasteiger partial charge in [0, 0.05) is 37.3 Å². The predicted octanol–water partition coefficient (Wildman–Crippen LogP) is 2.66. The Morgan fingerprint density at radius 2 is 1.77 bits per heavy atom. The topological polar surface area (TPSA) is 60.9 Å². The second kappa shape index (κ2) is 8.12. The van der Waals surface area contributed by atoms with Crippen molar-refractivity contribution in [3.8, 4) is 0 Å². The van der Waals surface area contributed by atoms with Crippen molar-refractivity contribution in [2.24, 2.45) is 0 Å². The second-order valence-corrected chi connectivity index (χ2v) is 7.78. The summed E-state index contributed by atoms with van der Waals surface area (Å²) in [5, 5.41) is 10.9. The summed E-state index contributed by atoms with van der Waals surface area (Å²) in [5.41, 5.74) is 1.65. The smallest absolute Gasteiger partial charge is 0.264 e. The molecule has 1 saturated heterocycles. The third kappa shape index (κ3) is 4.03. The number of ketones is 1. The van der Waals surface area contributed by atoms with E-state index in [2.05, 4.69) is 18.7 Å². The first kappa shape index (κ1) is 18.8. The van der Waals surface area contributed by atoms with E-state index in [1.54, 1.807) is 12.1 Å². The van der Waals surface area contributed by atoms with E-state index in [1.165, 1.54) is 11.3 Å². The minimum atomic E-state index is -0.465. The SMILES string of the molecule is C[C@@H]1CN(C(=O)c2cccs2)C[C@H](C)N1Cc1ccc(C(=O)CO)cc1. The van der Waals surface area contributed by atoms with Crippen molar-refractivity contribution in [1.29, 1.82) is 0 Å². The largest absolute Gasteiger partial charge is 0.388 e. The zero-order valence-corrected chi connectivity index (χ0v) is 15.9. The number of rotatable bonds is 5. The van der Waals surface area contributed by atoms with Crippen molar-refractivity contribution in [2.75, 3.05) is 19.7 Å². The van der Waals surface area contributed by atoms with Gasteiger partial charge in [0.1, 0.15) is 6.61 Å². The summed E-state index contributed by atoms with van der Waals surface area (Å²) in [7, 11) is 0. The van der Waals surface area contributed by atoms with Gasteiger partial charge in [0.25, 0.3) is 5.91 Å². The fraction of sp³-hybridized carbons (Fsp3) is 0.400. The summed E-state index contributed by atoms with van der Waals surface area (Å²) in [5.74, 6) is -0.149. The van der Waals surface area contributed by atoms with E-state index in [4.69, 9.17) is 5.11 Å². The molecular formula is C20H24N2O3S. The normalized spacial score (nSPS) is 21.0. The highest BCUT2D eigenvalue weighted by Crippen LogP contribution is 2.22. The number of benzene rings is 1. The number of piperazine rings is 1. The van der Waals surface area contributed by atoms with Crippen LogP contribution in [0, 0.1) is 0 Å². The first-order valence-electron chi connectivity index (χ1n) is 8.81. The van der Waals surface area contributed by atoms with Gasteiger partial charge in [-0.1, -0.05) is 30.3 Å². The Balaban J connectivity index is 1.65. The van der Waals surface area contributed by atoms with E-state index in [1.807, 2.05) is 34.5 Å². The Morgan fingerprint density at radius 1 is 1.12 bits per heavy atom. The molecule has 1 aromatic carbocycles. The van der Waals surface area contributed by atoms with Crippen LogP contribution in [0.5, 0.6) is 0 Å². The maximum atomic E-state index is 12.6. The fourth-order valence-corrected chi connectivity index (χ4v) is 4.18. The first-order chi connectivity index (χ1) is 12.5. The molecule has 1 aromatic heterocycles. The van der Waals surface area contributed by atoms with Crippen LogP contribution in [-0.4, -0.2) is 58.4 Å². The Bertz CT molecular complexity index is 746. The molecule has 1 amide bonds. The lowest BCUT2D eigenvalue weighted by Crippen LogP contribution is -2.57. The van der Waals surface area contributed by atoms with Crippen molar-refractivity contribution in [3.05, 3.63) is 57.8 Å². The number of Topliss-reactive ketones (excluding diaryl/α,β-unsaturated/α-hetero) is 1. The summed E-state index contributed by atoms with van der Waals surface area (Å²) in [6, 6.07) is 11.7. The minimum Gasteiger partial charge on any atom is -0.388 e. The Hall–Kier alpha value is -2.02. The standard InChI is InChI=1S/C20H24N2O3S/c1-14-10-21(20(25)19-4-3-9-26-19)11-15(2)22(14)12-16-5-7-17(8-6-16)18(24)13-23/h3-9,14-15,23H,10-13H2,1-2H3/t14-,15+. The third-order valence-electron chi connectivity index (χ3n) is 4.91. The molecule has 0 spiro atoms. The summed E-state index contributed by atoms with van der Waals surface area (Å²) in [4.78, 5) is 29.3. The highest BCUT2D eigenvalue weighted by Gasteiger charge is 2.32. The number of aliphatic hydroxyl groups is 1. The lowest BCUT2D eigenvalue weighted by Gasteiger charge is -2.44. The van der Waals surface area contributed by atoms with Crippen LogP contribution in [0.2, 0.25) is 0 Å². The molecule has 0 unspecified atom stereocenters. The number of aliphatic hydroxyl groups excluding tert-OH is 1. The number of amides is 1. The van der Waals surface area contributed by atoms with Crippen molar-refractivity contribution in [2.45, 2.75) is 32.5 Å². The van der Waals surface area contributed by atoms with E-state index < -0.39 is 6.61 Å². The number of carbonyl (C=O) groups is 2. The molecule has 1 N–H and O–H groups in total. The molecule has 2 atom stereocenters. The molecule has 2 heterocycles. The van der Waals surface area contributed by atoms with Crippen molar-refractivity contribution in [1.82, 2.24) is 9.80 Å². The average molecular weight is 372 g/mol. The lowest BCUT2D eigenvalue weighted by molar-refractivity contribution is 0.0273.